The third kappa shape index (κ3) is 3.58. The maximum Gasteiger partial charge on any atom is 0.288 e. The molecule has 6 heteroatoms. The van der Waals surface area contributed by atoms with Crippen LogP contribution in [0.3, 0.4) is 0 Å². The Morgan fingerprint density at radius 3 is 2.52 bits per heavy atom. The van der Waals surface area contributed by atoms with E-state index in [1.54, 1.807) is 0 Å². The van der Waals surface area contributed by atoms with Crippen LogP contribution in [0.25, 0.3) is 0 Å². The van der Waals surface area contributed by atoms with Gasteiger partial charge in [-0.05, 0) is 24.6 Å². The van der Waals surface area contributed by atoms with E-state index in [1.807, 2.05) is 37.3 Å². The molecule has 0 spiro atoms. The van der Waals surface area contributed by atoms with Crippen molar-refractivity contribution in [2.24, 2.45) is 0 Å². The zero-order valence-electron chi connectivity index (χ0n) is 11.2. The predicted molar refractivity (Wildman–Crippen MR) is 80.4 cm³/mol. The molecule has 108 valence electrons. The van der Waals surface area contributed by atoms with E-state index in [1.165, 1.54) is 18.2 Å². The molecule has 21 heavy (non-hydrogen) atoms. The Bertz CT molecular complexity index is 674. The first kappa shape index (κ1) is 15.0. The van der Waals surface area contributed by atoms with E-state index in [2.05, 4.69) is 5.32 Å². The summed E-state index contributed by atoms with van der Waals surface area (Å²) in [5, 5.41) is 13.6. The van der Waals surface area contributed by atoms with Gasteiger partial charge in [-0.2, -0.15) is 0 Å². The van der Waals surface area contributed by atoms with E-state index in [0.29, 0.717) is 0 Å². The summed E-state index contributed by atoms with van der Waals surface area (Å²) in [5.74, 6) is -0.383. The number of nitrogens with zero attached hydrogens (tertiary/aromatic N) is 1. The predicted octanol–water partition coefficient (Wildman–Crippen LogP) is 3.74. The molecule has 2 rings (SSSR count). The van der Waals surface area contributed by atoms with Gasteiger partial charge in [0.15, 0.2) is 0 Å². The van der Waals surface area contributed by atoms with Gasteiger partial charge in [0.1, 0.15) is 5.02 Å². The molecule has 0 radical (unpaired) electrons. The summed E-state index contributed by atoms with van der Waals surface area (Å²) in [6.45, 7) is 1.84. The van der Waals surface area contributed by atoms with Crippen molar-refractivity contribution < 1.29 is 9.72 Å². The number of hydrogen-bond donors (Lipinski definition) is 1. The Balaban J connectivity index is 2.17. The lowest BCUT2D eigenvalue weighted by atomic mass is 10.1. The summed E-state index contributed by atoms with van der Waals surface area (Å²) in [6.07, 6.45) is 0. The van der Waals surface area contributed by atoms with Gasteiger partial charge in [-0.1, -0.05) is 41.9 Å². The van der Waals surface area contributed by atoms with E-state index < -0.39 is 4.92 Å². The maximum atomic E-state index is 12.1. The van der Waals surface area contributed by atoms with Gasteiger partial charge in [-0.25, -0.2) is 0 Å². The summed E-state index contributed by atoms with van der Waals surface area (Å²) in [5.41, 5.74) is 0.875. The van der Waals surface area contributed by atoms with Gasteiger partial charge in [0, 0.05) is 11.6 Å². The van der Waals surface area contributed by atoms with Crippen molar-refractivity contribution in [1.82, 2.24) is 5.32 Å². The first-order valence-electron chi connectivity index (χ1n) is 6.29. The Labute approximate surface area is 126 Å². The Morgan fingerprint density at radius 1 is 1.24 bits per heavy atom. The second-order valence-corrected chi connectivity index (χ2v) is 4.94. The zero-order valence-corrected chi connectivity index (χ0v) is 12.0. The van der Waals surface area contributed by atoms with Gasteiger partial charge in [0.2, 0.25) is 0 Å². The highest BCUT2D eigenvalue weighted by Gasteiger charge is 2.17. The first-order chi connectivity index (χ1) is 9.99. The zero-order chi connectivity index (χ0) is 15.4. The third-order valence-electron chi connectivity index (χ3n) is 3.05. The number of rotatable bonds is 4. The second kappa shape index (κ2) is 6.37. The molecule has 0 unspecified atom stereocenters. The smallest absolute Gasteiger partial charge is 0.288 e. The molecule has 0 bridgehead atoms. The van der Waals surface area contributed by atoms with Crippen molar-refractivity contribution in [2.45, 2.75) is 13.0 Å². The number of hydrogen-bond acceptors (Lipinski definition) is 3. The summed E-state index contributed by atoms with van der Waals surface area (Å²) in [6, 6.07) is 13.2. The largest absolute Gasteiger partial charge is 0.346 e. The van der Waals surface area contributed by atoms with E-state index in [-0.39, 0.29) is 28.2 Å². The fourth-order valence-corrected chi connectivity index (χ4v) is 2.09. The maximum absolute atomic E-state index is 12.1. The summed E-state index contributed by atoms with van der Waals surface area (Å²) in [4.78, 5) is 22.4. The van der Waals surface area contributed by atoms with Gasteiger partial charge in [0.05, 0.1) is 11.0 Å². The summed E-state index contributed by atoms with van der Waals surface area (Å²) >= 11 is 5.72. The highest BCUT2D eigenvalue weighted by atomic mass is 35.5. The van der Waals surface area contributed by atoms with Crippen LogP contribution < -0.4 is 5.32 Å². The van der Waals surface area contributed by atoms with Crippen LogP contribution in [0.15, 0.2) is 48.5 Å². The van der Waals surface area contributed by atoms with Crippen molar-refractivity contribution >= 4 is 23.2 Å². The van der Waals surface area contributed by atoms with E-state index in [9.17, 15) is 14.9 Å². The number of carbonyl (C=O) groups is 1. The average Bonchev–Trinajstić information content (AvgIpc) is 2.48. The van der Waals surface area contributed by atoms with Crippen molar-refractivity contribution in [3.8, 4) is 0 Å². The van der Waals surface area contributed by atoms with Crippen LogP contribution in [0.2, 0.25) is 5.02 Å². The topological polar surface area (TPSA) is 72.2 Å². The number of nitro groups is 1. The van der Waals surface area contributed by atoms with E-state index in [0.717, 1.165) is 5.56 Å². The Hall–Kier alpha value is -2.40. The molecule has 1 amide bonds. The molecule has 0 fully saturated rings. The van der Waals surface area contributed by atoms with Crippen molar-refractivity contribution in [1.29, 1.82) is 0 Å². The van der Waals surface area contributed by atoms with Crippen LogP contribution in [0.4, 0.5) is 5.69 Å². The monoisotopic (exact) mass is 304 g/mol. The molecule has 0 aromatic heterocycles. The molecule has 2 aromatic rings. The molecule has 0 aliphatic heterocycles. The van der Waals surface area contributed by atoms with E-state index >= 15 is 0 Å². The number of benzene rings is 2. The second-order valence-electron chi connectivity index (χ2n) is 4.53. The number of amides is 1. The minimum absolute atomic E-state index is 0.00709. The van der Waals surface area contributed by atoms with Gasteiger partial charge in [0.25, 0.3) is 11.6 Å². The number of carbonyl (C=O) groups excluding carboxylic acids is 1. The average molecular weight is 305 g/mol. The molecule has 0 heterocycles. The molecule has 2 aromatic carbocycles. The van der Waals surface area contributed by atoms with Gasteiger partial charge < -0.3 is 5.32 Å². The molecular weight excluding hydrogens is 292 g/mol. The minimum atomic E-state index is -0.611. The number of halogens is 1. The van der Waals surface area contributed by atoms with Crippen LogP contribution in [0.1, 0.15) is 28.9 Å². The highest BCUT2D eigenvalue weighted by Crippen LogP contribution is 2.25. The highest BCUT2D eigenvalue weighted by molar-refractivity contribution is 6.32. The lowest BCUT2D eigenvalue weighted by Crippen LogP contribution is -2.26. The van der Waals surface area contributed by atoms with Crippen LogP contribution >= 0.6 is 11.6 Å². The first-order valence-corrected chi connectivity index (χ1v) is 6.66. The fraction of sp³-hybridized carbons (Fsp3) is 0.133. The molecule has 0 saturated heterocycles. The molecule has 0 saturated carbocycles. The quantitative estimate of drug-likeness (QED) is 0.691. The number of nitrogens with one attached hydrogen (secondary N) is 1. The summed E-state index contributed by atoms with van der Waals surface area (Å²) < 4.78 is 0. The van der Waals surface area contributed by atoms with Gasteiger partial charge in [-0.3, -0.25) is 14.9 Å². The van der Waals surface area contributed by atoms with Crippen molar-refractivity contribution in [3.63, 3.8) is 0 Å². The molecular formula is C15H13ClN2O3. The molecule has 5 nitrogen and oxygen atoms in total. The normalized spacial score (nSPS) is 11.7. The SMILES string of the molecule is C[C@@H](NC(=O)c1ccc(Cl)c([N+](=O)[O-])c1)c1ccccc1. The fourth-order valence-electron chi connectivity index (χ4n) is 1.90. The summed E-state index contributed by atoms with van der Waals surface area (Å²) in [7, 11) is 0. The van der Waals surface area contributed by atoms with Crippen molar-refractivity contribution in [2.75, 3.05) is 0 Å². The van der Waals surface area contributed by atoms with Crippen LogP contribution in [-0.4, -0.2) is 10.8 Å². The lowest BCUT2D eigenvalue weighted by Gasteiger charge is -2.14. The van der Waals surface area contributed by atoms with Gasteiger partial charge >= 0.3 is 0 Å². The minimum Gasteiger partial charge on any atom is -0.346 e. The van der Waals surface area contributed by atoms with Gasteiger partial charge in [-0.15, -0.1) is 0 Å². The van der Waals surface area contributed by atoms with Crippen LogP contribution in [-0.2, 0) is 0 Å². The molecule has 1 N–H and O–H groups in total. The number of nitro benzene ring substituents is 1. The Morgan fingerprint density at radius 2 is 1.90 bits per heavy atom. The van der Waals surface area contributed by atoms with Crippen LogP contribution in [0, 0.1) is 10.1 Å². The lowest BCUT2D eigenvalue weighted by molar-refractivity contribution is -0.384. The van der Waals surface area contributed by atoms with Crippen molar-refractivity contribution in [3.05, 3.63) is 74.8 Å². The molecule has 1 atom stereocenters. The van der Waals surface area contributed by atoms with Crippen LogP contribution in [0.5, 0.6) is 0 Å². The van der Waals surface area contributed by atoms with E-state index in [4.69, 9.17) is 11.6 Å². The standard InChI is InChI=1S/C15H13ClN2O3/c1-10(11-5-3-2-4-6-11)17-15(19)12-7-8-13(16)14(9-12)18(20)21/h2-10H,1H3,(H,17,19)/t10-/m1/s1. The molecule has 0 aliphatic rings. The third-order valence-corrected chi connectivity index (χ3v) is 3.37. The Kier molecular flexibility index (Phi) is 4.55. The molecule has 0 aliphatic carbocycles.